The van der Waals surface area contributed by atoms with E-state index in [0.29, 0.717) is 6.42 Å². The van der Waals surface area contributed by atoms with Gasteiger partial charge in [-0.1, -0.05) is 121 Å². The molecule has 0 bridgehead atoms. The zero-order chi connectivity index (χ0) is 22.5. The molecule has 31 heavy (non-hydrogen) atoms. The summed E-state index contributed by atoms with van der Waals surface area (Å²) in [6, 6.07) is 9.34. The fourth-order valence-corrected chi connectivity index (χ4v) is 4.72. The Morgan fingerprint density at radius 1 is 0.613 bits per heavy atom. The zero-order valence-electron chi connectivity index (χ0n) is 19.9. The van der Waals surface area contributed by atoms with E-state index in [9.17, 15) is 8.42 Å². The summed E-state index contributed by atoms with van der Waals surface area (Å²) in [6.07, 6.45) is 20.5. The highest BCUT2D eigenvalue weighted by Gasteiger charge is 2.10. The normalized spacial score (nSPS) is 11.6. The molecule has 0 spiro atoms. The molecule has 0 aliphatic rings. The summed E-state index contributed by atoms with van der Waals surface area (Å²) in [5, 5.41) is 0. The van der Waals surface area contributed by atoms with Crippen molar-refractivity contribution in [2.24, 2.45) is 0 Å². The largest absolute Gasteiger partial charge is 0.491 e. The molecule has 180 valence electrons. The van der Waals surface area contributed by atoms with Crippen LogP contribution < -0.4 is 4.74 Å². The van der Waals surface area contributed by atoms with E-state index in [1.807, 2.05) is 30.3 Å². The van der Waals surface area contributed by atoms with Crippen LogP contribution in [0.4, 0.5) is 0 Å². The summed E-state index contributed by atoms with van der Waals surface area (Å²) in [7, 11) is -3.44. The summed E-state index contributed by atoms with van der Waals surface area (Å²) in [6.45, 7) is 2.57. The minimum Gasteiger partial charge on any atom is -0.491 e. The van der Waals surface area contributed by atoms with Crippen LogP contribution in [0, 0.1) is 0 Å². The Balaban J connectivity index is 1.82. The predicted octanol–water partition coefficient (Wildman–Crippen LogP) is 7.67. The van der Waals surface area contributed by atoms with Crippen molar-refractivity contribution in [2.75, 3.05) is 19.0 Å². The highest BCUT2D eigenvalue weighted by atomic mass is 32.2. The van der Waals surface area contributed by atoms with Crippen molar-refractivity contribution in [2.45, 2.75) is 110 Å². The van der Waals surface area contributed by atoms with Gasteiger partial charge in [0.05, 0.1) is 5.75 Å². The van der Waals surface area contributed by atoms with Crippen LogP contribution in [-0.2, 0) is 14.3 Å². The summed E-state index contributed by atoms with van der Waals surface area (Å²) < 4.78 is 34.3. The van der Waals surface area contributed by atoms with Crippen LogP contribution in [0.5, 0.6) is 5.75 Å². The first-order valence-corrected chi connectivity index (χ1v) is 14.3. The number of benzene rings is 1. The highest BCUT2D eigenvalue weighted by Crippen LogP contribution is 2.14. The quantitative estimate of drug-likeness (QED) is 0.133. The number of unbranched alkanes of at least 4 members (excludes halogenated alkanes) is 15. The average Bonchev–Trinajstić information content (AvgIpc) is 2.77. The Labute approximate surface area is 192 Å². The van der Waals surface area contributed by atoms with Gasteiger partial charge in [-0.2, -0.15) is 8.42 Å². The van der Waals surface area contributed by atoms with Gasteiger partial charge in [-0.25, -0.2) is 0 Å². The lowest BCUT2D eigenvalue weighted by atomic mass is 10.0. The van der Waals surface area contributed by atoms with Gasteiger partial charge in [0.1, 0.15) is 19.0 Å². The lowest BCUT2D eigenvalue weighted by Crippen LogP contribution is -2.15. The lowest BCUT2D eigenvalue weighted by Gasteiger charge is -2.07. The van der Waals surface area contributed by atoms with Gasteiger partial charge in [-0.15, -0.1) is 0 Å². The Morgan fingerprint density at radius 2 is 1.06 bits per heavy atom. The van der Waals surface area contributed by atoms with Crippen LogP contribution in [0.25, 0.3) is 0 Å². The van der Waals surface area contributed by atoms with E-state index in [2.05, 4.69) is 6.92 Å². The van der Waals surface area contributed by atoms with Crippen LogP contribution in [0.1, 0.15) is 110 Å². The molecule has 1 aromatic rings. The van der Waals surface area contributed by atoms with Gasteiger partial charge in [0, 0.05) is 0 Å². The van der Waals surface area contributed by atoms with Gasteiger partial charge < -0.3 is 4.74 Å². The van der Waals surface area contributed by atoms with Crippen molar-refractivity contribution in [1.82, 2.24) is 0 Å². The zero-order valence-corrected chi connectivity index (χ0v) is 20.7. The molecular formula is C26H46O4S. The van der Waals surface area contributed by atoms with E-state index in [-0.39, 0.29) is 19.0 Å². The van der Waals surface area contributed by atoms with Crippen LogP contribution in [-0.4, -0.2) is 27.4 Å². The van der Waals surface area contributed by atoms with Gasteiger partial charge in [0.2, 0.25) is 0 Å². The minimum absolute atomic E-state index is 0.0656. The third-order valence-electron chi connectivity index (χ3n) is 5.61. The molecule has 0 heterocycles. The molecule has 0 N–H and O–H groups in total. The van der Waals surface area contributed by atoms with Crippen molar-refractivity contribution in [1.29, 1.82) is 0 Å². The second-order valence-electron chi connectivity index (χ2n) is 8.55. The molecule has 0 amide bonds. The Morgan fingerprint density at radius 3 is 1.55 bits per heavy atom. The molecule has 0 atom stereocenters. The van der Waals surface area contributed by atoms with Gasteiger partial charge in [0.15, 0.2) is 0 Å². The average molecular weight is 455 g/mol. The van der Waals surface area contributed by atoms with Crippen LogP contribution in [0.15, 0.2) is 30.3 Å². The van der Waals surface area contributed by atoms with E-state index in [4.69, 9.17) is 8.92 Å². The molecule has 0 aliphatic heterocycles. The smallest absolute Gasteiger partial charge is 0.267 e. The fraction of sp³-hybridized carbons (Fsp3) is 0.769. The van der Waals surface area contributed by atoms with Crippen molar-refractivity contribution < 1.29 is 17.3 Å². The molecule has 0 aromatic heterocycles. The van der Waals surface area contributed by atoms with E-state index in [1.165, 1.54) is 83.5 Å². The summed E-state index contributed by atoms with van der Waals surface area (Å²) in [4.78, 5) is 0. The van der Waals surface area contributed by atoms with E-state index in [1.54, 1.807) is 0 Å². The Bertz CT molecular complexity index is 601. The maximum atomic E-state index is 11.9. The monoisotopic (exact) mass is 454 g/mol. The maximum Gasteiger partial charge on any atom is 0.267 e. The molecular weight excluding hydrogens is 408 g/mol. The van der Waals surface area contributed by atoms with E-state index < -0.39 is 10.1 Å². The second kappa shape index (κ2) is 19.6. The summed E-state index contributed by atoms with van der Waals surface area (Å²) >= 11 is 0. The number of hydrogen-bond donors (Lipinski definition) is 0. The van der Waals surface area contributed by atoms with Crippen molar-refractivity contribution >= 4 is 10.1 Å². The molecule has 0 fully saturated rings. The number of ether oxygens (including phenoxy) is 1. The second-order valence-corrected chi connectivity index (χ2v) is 10.3. The van der Waals surface area contributed by atoms with Gasteiger partial charge in [-0.05, 0) is 18.6 Å². The fourth-order valence-electron chi connectivity index (χ4n) is 3.72. The molecule has 0 aliphatic carbocycles. The lowest BCUT2D eigenvalue weighted by molar-refractivity contribution is 0.221. The molecule has 5 heteroatoms. The minimum atomic E-state index is -3.44. The van der Waals surface area contributed by atoms with Crippen molar-refractivity contribution in [3.05, 3.63) is 30.3 Å². The van der Waals surface area contributed by atoms with Crippen molar-refractivity contribution in [3.63, 3.8) is 0 Å². The Hall–Kier alpha value is -1.07. The van der Waals surface area contributed by atoms with Gasteiger partial charge in [-0.3, -0.25) is 4.18 Å². The SMILES string of the molecule is CCCCCCCCCCCCCCCCCCS(=O)(=O)OCCOc1ccccc1. The van der Waals surface area contributed by atoms with Crippen LogP contribution in [0.3, 0.4) is 0 Å². The molecule has 0 unspecified atom stereocenters. The van der Waals surface area contributed by atoms with Crippen molar-refractivity contribution in [3.8, 4) is 5.75 Å². The topological polar surface area (TPSA) is 52.6 Å². The third-order valence-corrected chi connectivity index (χ3v) is 6.92. The predicted molar refractivity (Wildman–Crippen MR) is 131 cm³/mol. The van der Waals surface area contributed by atoms with Gasteiger partial charge >= 0.3 is 0 Å². The summed E-state index contributed by atoms with van der Waals surface area (Å²) in [5.74, 6) is 0.831. The first-order chi connectivity index (χ1) is 15.1. The standard InChI is InChI=1S/C26H46O4S/c1-2-3-4-5-6-7-8-9-10-11-12-13-14-15-16-20-25-31(27,28)30-24-23-29-26-21-18-17-19-22-26/h17-19,21-22H,2-16,20,23-25H2,1H3. The van der Waals surface area contributed by atoms with Gasteiger partial charge in [0.25, 0.3) is 10.1 Å². The molecule has 1 aromatic carbocycles. The van der Waals surface area contributed by atoms with E-state index in [0.717, 1.165) is 18.6 Å². The first-order valence-electron chi connectivity index (χ1n) is 12.7. The summed E-state index contributed by atoms with van der Waals surface area (Å²) in [5.41, 5.74) is 0. The molecule has 0 saturated heterocycles. The molecule has 0 saturated carbocycles. The van der Waals surface area contributed by atoms with Crippen LogP contribution in [0.2, 0.25) is 0 Å². The molecule has 4 nitrogen and oxygen atoms in total. The number of rotatable bonds is 22. The molecule has 1 rings (SSSR count). The van der Waals surface area contributed by atoms with E-state index >= 15 is 0 Å². The third kappa shape index (κ3) is 18.2. The van der Waals surface area contributed by atoms with Crippen LogP contribution >= 0.6 is 0 Å². The highest BCUT2D eigenvalue weighted by molar-refractivity contribution is 7.86. The maximum absolute atomic E-state index is 11.9. The first kappa shape index (κ1) is 28.0. The number of hydrogen-bond acceptors (Lipinski definition) is 4. The number of para-hydroxylation sites is 1. The Kier molecular flexibility index (Phi) is 17.7. The molecule has 0 radical (unpaired) electrons.